The Balaban J connectivity index is 0.683. The first kappa shape index (κ1) is 68.3. The lowest BCUT2D eigenvalue weighted by Gasteiger charge is -2.68. The third kappa shape index (κ3) is 14.8. The van der Waals surface area contributed by atoms with E-state index in [0.717, 1.165) is 76.9 Å². The lowest BCUT2D eigenvalue weighted by Crippen LogP contribution is -2.65. The molecule has 5 fully saturated rings. The summed E-state index contributed by atoms with van der Waals surface area (Å²) in [6.07, 6.45) is 3.70. The number of para-hydroxylation sites is 1. The van der Waals surface area contributed by atoms with Gasteiger partial charge in [-0.3, -0.25) is 28.8 Å². The van der Waals surface area contributed by atoms with Gasteiger partial charge in [0.05, 0.1) is 46.8 Å². The average Bonchev–Trinajstić information content (AvgIpc) is 1.07. The fraction of sp³-hybridized carbons (Fsp3) is 0.493. The van der Waals surface area contributed by atoms with Gasteiger partial charge in [-0.05, 0) is 148 Å². The number of carbonyl (C=O) groups excluding carboxylic acids is 5. The molecule has 13 rings (SSSR count). The summed E-state index contributed by atoms with van der Waals surface area (Å²) in [6.45, 7) is 7.90. The molecule has 3 aromatic carbocycles. The van der Waals surface area contributed by atoms with Gasteiger partial charge in [-0.1, -0.05) is 55.9 Å². The Bertz CT molecular complexity index is 3970. The highest BCUT2D eigenvalue weighted by atomic mass is 32.1. The number of hydrogen-bond donors (Lipinski definition) is 7. The summed E-state index contributed by atoms with van der Waals surface area (Å²) in [5, 5.41) is 63.1. The molecule has 4 bridgehead atoms. The van der Waals surface area contributed by atoms with E-state index in [9.17, 15) is 59.1 Å². The standard InChI is InChI=1S/C71H82N8O17S/c1-40-49(46-21-22-51(74-58(46)64(87)88)42-18-17-41-12-10-13-47(48(41)30-42)63(86)76-67-75-52-14-7-8-15-54(52)97-67)34-73-79(40)35-50-44-32-69(2)37-70(3,33-44)39-71(50,38-69)94-29-27-77(4)68(91)93-36-43-19-20-45(95-66-61(85)59(83)60(84)62(96-66)65(89)90)31-53(43)92-28-11-25-72-55(80)16-6-5-9-26-78-56(81)23-24-57(78)82/h7-8,14-15,17-24,30-31,34,44,47,50,59-62,66,83-85H,5-6,9-13,16,25-29,32-33,35-39H2,1-4H3,(H,72,80)(H,87,88)(H,89,90)(H,75,76,86)/t44?,47?,50?,59-,60-,61+,62-,66+,69?,70?,71?/m0/s1. The van der Waals surface area contributed by atoms with Gasteiger partial charge in [-0.25, -0.2) is 24.4 Å². The molecule has 26 heteroatoms. The summed E-state index contributed by atoms with van der Waals surface area (Å²) in [5.74, 6) is -3.64. The van der Waals surface area contributed by atoms with Gasteiger partial charge in [0, 0.05) is 91.7 Å². The van der Waals surface area contributed by atoms with E-state index in [0.29, 0.717) is 77.6 Å². The number of hydrogen-bond acceptors (Lipinski definition) is 19. The first-order chi connectivity index (χ1) is 46.5. The fourth-order valence-electron chi connectivity index (χ4n) is 16.0. The maximum Gasteiger partial charge on any atom is 0.409 e. The monoisotopic (exact) mass is 1350 g/mol. The molecule has 7 N–H and O–H groups in total. The van der Waals surface area contributed by atoms with Crippen molar-refractivity contribution in [2.24, 2.45) is 22.7 Å². The number of likely N-dealkylation sites (N-methyl/N-ethyl adjacent to an activating group) is 1. The van der Waals surface area contributed by atoms with Crippen molar-refractivity contribution in [2.45, 2.75) is 160 Å². The molecule has 0 spiro atoms. The minimum atomic E-state index is -1.93. The molecule has 25 nitrogen and oxygen atoms in total. The molecule has 5 amide bonds. The summed E-state index contributed by atoms with van der Waals surface area (Å²) in [4.78, 5) is 101. The Kier molecular flexibility index (Phi) is 20.0. The topological polar surface area (TPSA) is 341 Å². The Hall–Kier alpha value is -8.66. The summed E-state index contributed by atoms with van der Waals surface area (Å²) in [6, 6.07) is 21.7. The Labute approximate surface area is 564 Å². The van der Waals surface area contributed by atoms with Crippen molar-refractivity contribution in [1.29, 1.82) is 0 Å². The Morgan fingerprint density at radius 2 is 1.62 bits per heavy atom. The second-order valence-electron chi connectivity index (χ2n) is 27.5. The molecule has 514 valence electrons. The number of aliphatic carboxylic acids is 1. The quantitative estimate of drug-likeness (QED) is 0.0189. The second-order valence-corrected chi connectivity index (χ2v) is 28.6. The number of aromatic nitrogens is 4. The fourth-order valence-corrected chi connectivity index (χ4v) is 16.9. The van der Waals surface area contributed by atoms with Crippen LogP contribution in [0.25, 0.3) is 32.6 Å². The molecule has 97 heavy (non-hydrogen) atoms. The number of unbranched alkanes of at least 4 members (excludes halogenated alkanes) is 2. The minimum absolute atomic E-state index is 0.0199. The van der Waals surface area contributed by atoms with Crippen LogP contribution in [0.5, 0.6) is 11.5 Å². The third-order valence-electron chi connectivity index (χ3n) is 20.2. The van der Waals surface area contributed by atoms with Gasteiger partial charge >= 0.3 is 18.0 Å². The van der Waals surface area contributed by atoms with E-state index < -0.39 is 60.3 Å². The van der Waals surface area contributed by atoms with Crippen molar-refractivity contribution < 1.29 is 82.8 Å². The van der Waals surface area contributed by atoms with Crippen molar-refractivity contribution in [3.63, 3.8) is 0 Å². The number of carbonyl (C=O) groups is 7. The SMILES string of the molecule is Cc1c(-c2ccc(-c3ccc4c(c3)C(C(=O)Nc3nc5ccccc5s3)CCC4)nc2C(=O)O)cnn1CC1C2CC3(C)CC(C)(C2)CC1(OCCN(C)C(=O)OCc1ccc(O[C@@H]2O[C@H](C(=O)O)[C@@H](O)[C@H](O)[C@H]2O)cc1OCCCNC(=O)CCCCCN1C(=O)C=CC1=O)C3. The number of rotatable bonds is 27. The number of aromatic carboxylic acids is 1. The number of fused-ring (bicyclic) bond motifs is 2. The molecule has 1 saturated heterocycles. The van der Waals surface area contributed by atoms with Crippen LogP contribution < -0.4 is 20.1 Å². The number of anilines is 1. The van der Waals surface area contributed by atoms with Crippen LogP contribution in [-0.2, 0) is 57.8 Å². The predicted molar refractivity (Wildman–Crippen MR) is 353 cm³/mol. The molecule has 2 aliphatic heterocycles. The third-order valence-corrected chi connectivity index (χ3v) is 21.1. The zero-order chi connectivity index (χ0) is 68.5. The number of aliphatic hydroxyl groups excluding tert-OH is 3. The number of aliphatic hydroxyl groups is 3. The summed E-state index contributed by atoms with van der Waals surface area (Å²) in [5.41, 5.74) is 5.64. The average molecular weight is 1350 g/mol. The van der Waals surface area contributed by atoms with Crippen LogP contribution >= 0.6 is 11.3 Å². The van der Waals surface area contributed by atoms with Gasteiger partial charge in [0.25, 0.3) is 11.8 Å². The number of ether oxygens (including phenoxy) is 5. The first-order valence-electron chi connectivity index (χ1n) is 33.2. The number of carboxylic acid groups (broad SMARTS) is 2. The maximum atomic E-state index is 13.9. The summed E-state index contributed by atoms with van der Waals surface area (Å²) < 4.78 is 33.3. The predicted octanol–water partition coefficient (Wildman–Crippen LogP) is 8.19. The highest BCUT2D eigenvalue weighted by Gasteiger charge is 2.65. The molecular formula is C71H82N8O17S. The van der Waals surface area contributed by atoms with Gasteiger partial charge in [0.1, 0.15) is 36.4 Å². The van der Waals surface area contributed by atoms with Crippen LogP contribution in [0.15, 0.2) is 91.1 Å². The summed E-state index contributed by atoms with van der Waals surface area (Å²) in [7, 11) is 1.62. The second kappa shape index (κ2) is 28.4. The van der Waals surface area contributed by atoms with Crippen LogP contribution in [0.4, 0.5) is 9.93 Å². The van der Waals surface area contributed by atoms with E-state index in [1.807, 2.05) is 60.1 Å². The number of aryl methyl sites for hydroxylation is 1. The van der Waals surface area contributed by atoms with Crippen LogP contribution in [-0.4, -0.2) is 173 Å². The Morgan fingerprint density at radius 1 is 0.845 bits per heavy atom. The summed E-state index contributed by atoms with van der Waals surface area (Å²) >= 11 is 1.43. The smallest absolute Gasteiger partial charge is 0.409 e. The van der Waals surface area contributed by atoms with Crippen molar-refractivity contribution in [3.8, 4) is 33.9 Å². The number of thiazole rings is 1. The number of nitrogens with zero attached hydrogens (tertiary/aromatic N) is 6. The molecular weight excluding hydrogens is 1270 g/mol. The van der Waals surface area contributed by atoms with Crippen LogP contribution in [0.3, 0.4) is 0 Å². The van der Waals surface area contributed by atoms with E-state index in [-0.39, 0.29) is 103 Å². The van der Waals surface area contributed by atoms with Crippen LogP contribution in [0.2, 0.25) is 0 Å². The van der Waals surface area contributed by atoms with Gasteiger partial charge in [0.15, 0.2) is 16.9 Å². The van der Waals surface area contributed by atoms with Gasteiger partial charge in [-0.15, -0.1) is 0 Å². The number of benzene rings is 3. The Morgan fingerprint density at radius 3 is 2.37 bits per heavy atom. The molecule has 0 radical (unpaired) electrons. The van der Waals surface area contributed by atoms with Gasteiger partial charge in [0.2, 0.25) is 18.1 Å². The van der Waals surface area contributed by atoms with Crippen molar-refractivity contribution in [3.05, 3.63) is 119 Å². The largest absolute Gasteiger partial charge is 0.493 e. The van der Waals surface area contributed by atoms with E-state index in [1.54, 1.807) is 25.4 Å². The molecule has 5 aliphatic carbocycles. The minimum Gasteiger partial charge on any atom is -0.493 e. The molecule has 4 saturated carbocycles. The first-order valence-corrected chi connectivity index (χ1v) is 34.0. The molecule has 9 atom stereocenters. The number of amides is 5. The van der Waals surface area contributed by atoms with Gasteiger partial charge in [-0.2, -0.15) is 5.10 Å². The number of carboxylic acids is 2. The van der Waals surface area contributed by atoms with Crippen molar-refractivity contribution >= 4 is 68.3 Å². The number of nitrogens with one attached hydrogen (secondary N) is 2. The van der Waals surface area contributed by atoms with Crippen molar-refractivity contribution in [2.75, 3.05) is 45.2 Å². The lowest BCUT2D eigenvalue weighted by atomic mass is 9.40. The highest BCUT2D eigenvalue weighted by molar-refractivity contribution is 7.22. The molecule has 4 unspecified atom stereocenters. The molecule has 5 heterocycles. The zero-order valence-electron chi connectivity index (χ0n) is 54.6. The molecule has 7 aliphatic rings. The van der Waals surface area contributed by atoms with Crippen molar-refractivity contribution in [1.82, 2.24) is 34.9 Å². The van der Waals surface area contributed by atoms with Gasteiger partial charge < -0.3 is 64.8 Å². The molecule has 6 aromatic rings. The number of imide groups is 1. The van der Waals surface area contributed by atoms with Crippen LogP contribution in [0, 0.1) is 29.6 Å². The van der Waals surface area contributed by atoms with E-state index in [4.69, 9.17) is 33.8 Å². The zero-order valence-corrected chi connectivity index (χ0v) is 55.5. The number of pyridine rings is 1. The maximum absolute atomic E-state index is 13.9. The van der Waals surface area contributed by atoms with E-state index in [2.05, 4.69) is 29.5 Å². The van der Waals surface area contributed by atoms with E-state index in [1.165, 1.54) is 40.5 Å². The highest BCUT2D eigenvalue weighted by Crippen LogP contribution is 2.69. The van der Waals surface area contributed by atoms with E-state index >= 15 is 0 Å². The van der Waals surface area contributed by atoms with Crippen LogP contribution in [0.1, 0.15) is 130 Å². The lowest BCUT2D eigenvalue weighted by molar-refractivity contribution is -0.271. The molecule has 3 aromatic heterocycles. The normalized spacial score (nSPS) is 26.2.